The van der Waals surface area contributed by atoms with Gasteiger partial charge >= 0.3 is 0 Å². The first-order valence-electron chi connectivity index (χ1n) is 6.85. The van der Waals surface area contributed by atoms with Crippen molar-refractivity contribution in [2.45, 2.75) is 70.2 Å². The van der Waals surface area contributed by atoms with Gasteiger partial charge in [-0.05, 0) is 46.1 Å². The number of nitrogens with one attached hydrogen (secondary N) is 1. The highest BCUT2D eigenvalue weighted by Crippen LogP contribution is 2.30. The van der Waals surface area contributed by atoms with Crippen molar-refractivity contribution in [1.29, 1.82) is 0 Å². The minimum absolute atomic E-state index is 0.218. The maximum Gasteiger partial charge on any atom is 0.0664 e. The molecule has 1 saturated carbocycles. The lowest BCUT2D eigenvalue weighted by Crippen LogP contribution is -2.50. The molecule has 2 N–H and O–H groups in total. The quantitative estimate of drug-likeness (QED) is 0.743. The van der Waals surface area contributed by atoms with Crippen molar-refractivity contribution < 1.29 is 5.11 Å². The molecule has 0 spiro atoms. The lowest BCUT2D eigenvalue weighted by Gasteiger charge is -2.35. The predicted octanol–water partition coefficient (Wildman–Crippen LogP) is 1.36. The normalized spacial score (nSPS) is 30.4. The zero-order chi connectivity index (χ0) is 11.5. The summed E-state index contributed by atoms with van der Waals surface area (Å²) < 4.78 is 0. The van der Waals surface area contributed by atoms with Crippen LogP contribution in [0.1, 0.15) is 46.0 Å². The highest BCUT2D eigenvalue weighted by atomic mass is 16.3. The molecular formula is C13H26N2O. The number of piperidine rings is 1. The lowest BCUT2D eigenvalue weighted by atomic mass is 10.0. The topological polar surface area (TPSA) is 35.5 Å². The van der Waals surface area contributed by atoms with Gasteiger partial charge in [0.25, 0.3) is 0 Å². The van der Waals surface area contributed by atoms with Crippen molar-refractivity contribution in [2.24, 2.45) is 0 Å². The fourth-order valence-electron chi connectivity index (χ4n) is 2.67. The van der Waals surface area contributed by atoms with Crippen LogP contribution in [0.5, 0.6) is 0 Å². The fourth-order valence-corrected chi connectivity index (χ4v) is 2.67. The zero-order valence-corrected chi connectivity index (χ0v) is 10.7. The van der Waals surface area contributed by atoms with Crippen LogP contribution >= 0.6 is 0 Å². The second-order valence-corrected chi connectivity index (χ2v) is 5.56. The molecule has 0 radical (unpaired) electrons. The second-order valence-electron chi connectivity index (χ2n) is 5.56. The van der Waals surface area contributed by atoms with Crippen molar-refractivity contribution in [2.75, 3.05) is 13.1 Å². The molecule has 3 unspecified atom stereocenters. The van der Waals surface area contributed by atoms with Gasteiger partial charge in [-0.1, -0.05) is 6.42 Å². The fraction of sp³-hybridized carbons (Fsp3) is 1.00. The van der Waals surface area contributed by atoms with Gasteiger partial charge in [-0.15, -0.1) is 0 Å². The summed E-state index contributed by atoms with van der Waals surface area (Å²) in [6, 6.07) is 1.69. The largest absolute Gasteiger partial charge is 0.392 e. The molecule has 1 aliphatic heterocycles. The Morgan fingerprint density at radius 2 is 2.00 bits per heavy atom. The average molecular weight is 226 g/mol. The Bertz CT molecular complexity index is 210. The number of rotatable bonds is 5. The Labute approximate surface area is 99.2 Å². The van der Waals surface area contributed by atoms with E-state index < -0.39 is 0 Å². The Kier molecular flexibility index (Phi) is 4.22. The third-order valence-corrected chi connectivity index (χ3v) is 4.08. The van der Waals surface area contributed by atoms with E-state index in [1.54, 1.807) is 0 Å². The summed E-state index contributed by atoms with van der Waals surface area (Å²) in [6.45, 7) is 6.36. The van der Waals surface area contributed by atoms with E-state index in [1.165, 1.54) is 38.6 Å². The molecule has 3 atom stereocenters. The van der Waals surface area contributed by atoms with Gasteiger partial charge in [0, 0.05) is 24.7 Å². The van der Waals surface area contributed by atoms with Crippen LogP contribution < -0.4 is 5.32 Å². The second kappa shape index (κ2) is 5.48. The molecule has 3 heteroatoms. The van der Waals surface area contributed by atoms with Gasteiger partial charge in [0.15, 0.2) is 0 Å². The van der Waals surface area contributed by atoms with Crippen molar-refractivity contribution in [3.63, 3.8) is 0 Å². The lowest BCUT2D eigenvalue weighted by molar-refractivity contribution is 0.0569. The summed E-state index contributed by atoms with van der Waals surface area (Å²) in [6.07, 6.45) is 6.42. The molecule has 3 nitrogen and oxygen atoms in total. The van der Waals surface area contributed by atoms with E-state index in [1.807, 2.05) is 6.92 Å². The number of hydrogen-bond donors (Lipinski definition) is 2. The maximum atomic E-state index is 9.74. The van der Waals surface area contributed by atoms with Crippen LogP contribution in [0.25, 0.3) is 0 Å². The molecule has 1 heterocycles. The molecule has 2 rings (SSSR count). The number of aliphatic hydroxyl groups is 1. The van der Waals surface area contributed by atoms with Crippen LogP contribution in [0.4, 0.5) is 0 Å². The summed E-state index contributed by atoms with van der Waals surface area (Å²) in [7, 11) is 0. The number of aliphatic hydroxyl groups excluding tert-OH is 1. The van der Waals surface area contributed by atoms with Crippen LogP contribution in [-0.4, -0.2) is 47.3 Å². The van der Waals surface area contributed by atoms with E-state index in [9.17, 15) is 5.11 Å². The molecule has 0 bridgehead atoms. The molecule has 94 valence electrons. The third kappa shape index (κ3) is 3.19. The summed E-state index contributed by atoms with van der Waals surface area (Å²) >= 11 is 0. The summed E-state index contributed by atoms with van der Waals surface area (Å²) in [4.78, 5) is 2.52. The van der Waals surface area contributed by atoms with Gasteiger partial charge in [-0.2, -0.15) is 0 Å². The van der Waals surface area contributed by atoms with E-state index in [0.717, 1.165) is 12.6 Å². The minimum Gasteiger partial charge on any atom is -0.392 e. The summed E-state index contributed by atoms with van der Waals surface area (Å²) in [5.74, 6) is 0. The molecule has 1 saturated heterocycles. The monoisotopic (exact) mass is 226 g/mol. The van der Waals surface area contributed by atoms with Crippen LogP contribution in [0.2, 0.25) is 0 Å². The van der Waals surface area contributed by atoms with Crippen LogP contribution in [0.15, 0.2) is 0 Å². The van der Waals surface area contributed by atoms with Gasteiger partial charge in [0.2, 0.25) is 0 Å². The van der Waals surface area contributed by atoms with Crippen molar-refractivity contribution >= 4 is 0 Å². The van der Waals surface area contributed by atoms with Crippen LogP contribution in [0.3, 0.4) is 0 Å². The highest BCUT2D eigenvalue weighted by molar-refractivity contribution is 4.91. The molecular weight excluding hydrogens is 200 g/mol. The van der Waals surface area contributed by atoms with E-state index in [-0.39, 0.29) is 6.10 Å². The third-order valence-electron chi connectivity index (χ3n) is 4.08. The van der Waals surface area contributed by atoms with Gasteiger partial charge in [0.1, 0.15) is 0 Å². The van der Waals surface area contributed by atoms with E-state index in [2.05, 4.69) is 17.1 Å². The average Bonchev–Trinajstić information content (AvgIpc) is 3.10. The number of nitrogens with zero attached hydrogens (tertiary/aromatic N) is 1. The SMILES string of the molecule is CC(O)C(C)N(CC1CCCCN1)C1CC1. The maximum absolute atomic E-state index is 9.74. The first kappa shape index (κ1) is 12.3. The first-order valence-corrected chi connectivity index (χ1v) is 6.85. The first-order chi connectivity index (χ1) is 7.68. The Morgan fingerprint density at radius 1 is 1.25 bits per heavy atom. The molecule has 1 aliphatic carbocycles. The van der Waals surface area contributed by atoms with Crippen molar-refractivity contribution in [1.82, 2.24) is 10.2 Å². The molecule has 0 aromatic carbocycles. The molecule has 2 aliphatic rings. The predicted molar refractivity (Wildman–Crippen MR) is 66.5 cm³/mol. The standard InChI is InChI=1S/C13H26N2O/c1-10(11(2)16)15(13-6-7-13)9-12-5-3-4-8-14-12/h10-14,16H,3-9H2,1-2H3. The summed E-state index contributed by atoms with van der Waals surface area (Å²) in [5, 5.41) is 13.3. The summed E-state index contributed by atoms with van der Waals surface area (Å²) in [5.41, 5.74) is 0. The molecule has 0 aromatic heterocycles. The van der Waals surface area contributed by atoms with Crippen molar-refractivity contribution in [3.05, 3.63) is 0 Å². The van der Waals surface area contributed by atoms with Crippen LogP contribution in [-0.2, 0) is 0 Å². The molecule has 0 aromatic rings. The Balaban J connectivity index is 1.86. The Morgan fingerprint density at radius 3 is 2.50 bits per heavy atom. The zero-order valence-electron chi connectivity index (χ0n) is 10.7. The molecule has 2 fully saturated rings. The van der Waals surface area contributed by atoms with Crippen molar-refractivity contribution in [3.8, 4) is 0 Å². The van der Waals surface area contributed by atoms with E-state index >= 15 is 0 Å². The highest BCUT2D eigenvalue weighted by Gasteiger charge is 2.35. The van der Waals surface area contributed by atoms with E-state index in [0.29, 0.717) is 12.1 Å². The van der Waals surface area contributed by atoms with Gasteiger partial charge < -0.3 is 10.4 Å². The minimum atomic E-state index is -0.218. The van der Waals surface area contributed by atoms with Gasteiger partial charge in [-0.25, -0.2) is 0 Å². The van der Waals surface area contributed by atoms with Gasteiger partial charge in [-0.3, -0.25) is 4.90 Å². The Hall–Kier alpha value is -0.120. The van der Waals surface area contributed by atoms with Crippen LogP contribution in [0, 0.1) is 0 Å². The number of hydrogen-bond acceptors (Lipinski definition) is 3. The molecule has 0 amide bonds. The van der Waals surface area contributed by atoms with Gasteiger partial charge in [0.05, 0.1) is 6.10 Å². The molecule has 16 heavy (non-hydrogen) atoms. The smallest absolute Gasteiger partial charge is 0.0664 e. The van der Waals surface area contributed by atoms with E-state index in [4.69, 9.17) is 0 Å².